The zero-order valence-electron chi connectivity index (χ0n) is 17.1. The molecule has 13 heteroatoms. The lowest BCUT2D eigenvalue weighted by Gasteiger charge is -2.15. The van der Waals surface area contributed by atoms with E-state index in [9.17, 15) is 27.9 Å². The highest BCUT2D eigenvalue weighted by Gasteiger charge is 2.24. The van der Waals surface area contributed by atoms with Crippen molar-refractivity contribution in [1.82, 2.24) is 20.7 Å². The quantitative estimate of drug-likeness (QED) is 0.293. The van der Waals surface area contributed by atoms with Gasteiger partial charge in [-0.05, 0) is 31.4 Å². The molecular weight excluding hydrogens is 446 g/mol. The van der Waals surface area contributed by atoms with Crippen LogP contribution in [0, 0.1) is 0 Å². The molecule has 0 saturated heterocycles. The van der Waals surface area contributed by atoms with E-state index in [1.165, 1.54) is 11.3 Å². The van der Waals surface area contributed by atoms with E-state index >= 15 is 0 Å². The highest BCUT2D eigenvalue weighted by atomic mass is 32.2. The van der Waals surface area contributed by atoms with Crippen molar-refractivity contribution in [2.45, 2.75) is 38.6 Å². The van der Waals surface area contributed by atoms with Gasteiger partial charge in [0.05, 0.1) is 10.6 Å². The molecule has 1 aliphatic heterocycles. The van der Waals surface area contributed by atoms with Gasteiger partial charge in [-0.3, -0.25) is 24.7 Å². The van der Waals surface area contributed by atoms with Crippen LogP contribution in [0.4, 0.5) is 0 Å². The number of guanidine groups is 1. The summed E-state index contributed by atoms with van der Waals surface area (Å²) in [5, 5.41) is 17.3. The van der Waals surface area contributed by atoms with Gasteiger partial charge in [0.15, 0.2) is 5.96 Å². The van der Waals surface area contributed by atoms with Crippen LogP contribution in [0.2, 0.25) is 0 Å². The Kier molecular flexibility index (Phi) is 9.40. The van der Waals surface area contributed by atoms with Gasteiger partial charge in [-0.15, -0.1) is 11.3 Å². The largest absolute Gasteiger partial charge is 0.480 e. The molecule has 172 valence electrons. The first-order valence-corrected chi connectivity index (χ1v) is 12.3. The lowest BCUT2D eigenvalue weighted by molar-refractivity contribution is -0.138. The molecule has 2 heterocycles. The number of carboxylic acid groups (broad SMARTS) is 1. The average molecular weight is 474 g/mol. The van der Waals surface area contributed by atoms with Crippen molar-refractivity contribution in [3.05, 3.63) is 21.9 Å². The van der Waals surface area contributed by atoms with E-state index in [1.54, 1.807) is 19.1 Å². The third-order valence-electron chi connectivity index (χ3n) is 4.20. The molecule has 1 aromatic rings. The minimum Gasteiger partial charge on any atom is -0.480 e. The van der Waals surface area contributed by atoms with E-state index in [4.69, 9.17) is 0 Å². The van der Waals surface area contributed by atoms with Crippen LogP contribution >= 0.6 is 11.3 Å². The summed E-state index contributed by atoms with van der Waals surface area (Å²) in [6.45, 7) is 2.72. The van der Waals surface area contributed by atoms with Crippen molar-refractivity contribution < 1.29 is 27.9 Å². The lowest BCUT2D eigenvalue weighted by Crippen LogP contribution is -2.48. The molecule has 0 bridgehead atoms. The fraction of sp³-hybridized carbons (Fsp3) is 0.556. The van der Waals surface area contributed by atoms with Gasteiger partial charge in [0.1, 0.15) is 6.04 Å². The topological polar surface area (TPSA) is 166 Å². The first-order valence-electron chi connectivity index (χ1n) is 9.88. The molecule has 31 heavy (non-hydrogen) atoms. The normalized spacial score (nSPS) is 14.8. The second-order valence-corrected chi connectivity index (χ2v) is 9.90. The smallest absolute Gasteiger partial charge is 0.323 e. The molecule has 0 aliphatic carbocycles. The van der Waals surface area contributed by atoms with Gasteiger partial charge in [0.25, 0.3) is 5.91 Å². The SMILES string of the molecule is CCCS(=O)(=O)N[C@@H](CNC(=O)c1ccc(CCC(=O)NC2=NCCCN2)s1)C(=O)O. The molecule has 0 radical (unpaired) electrons. The minimum absolute atomic E-state index is 0.184. The standard InChI is InChI=1S/C18H27N5O6S2/c1-2-10-31(28,29)23-13(17(26)27)11-21-16(25)14-6-4-12(30-14)5-7-15(24)22-18-19-8-3-9-20-18/h4,6,13,23H,2-3,5,7-11H2,1H3,(H,21,25)(H,26,27)(H2,19,20,22,24)/t13-/m0/s1. The number of hydrogen-bond acceptors (Lipinski definition) is 8. The Bertz CT molecular complexity index is 928. The molecular formula is C18H27N5O6S2. The zero-order chi connectivity index (χ0) is 22.9. The number of carboxylic acids is 1. The Labute approximate surface area is 184 Å². The van der Waals surface area contributed by atoms with Gasteiger partial charge in [-0.1, -0.05) is 6.92 Å². The summed E-state index contributed by atoms with van der Waals surface area (Å²) in [7, 11) is -3.74. The Morgan fingerprint density at radius 1 is 1.32 bits per heavy atom. The van der Waals surface area contributed by atoms with E-state index in [0.29, 0.717) is 30.2 Å². The number of aliphatic imine (C=N–C) groups is 1. The number of aliphatic carboxylic acids is 1. The van der Waals surface area contributed by atoms with Crippen molar-refractivity contribution in [3.8, 4) is 0 Å². The summed E-state index contributed by atoms with van der Waals surface area (Å²) in [4.78, 5) is 40.9. The summed E-state index contributed by atoms with van der Waals surface area (Å²) in [5.41, 5.74) is 0. The molecule has 1 aliphatic rings. The van der Waals surface area contributed by atoms with E-state index in [1.807, 2.05) is 0 Å². The van der Waals surface area contributed by atoms with E-state index in [0.717, 1.165) is 17.8 Å². The van der Waals surface area contributed by atoms with Crippen molar-refractivity contribution in [3.63, 3.8) is 0 Å². The number of carbonyl (C=O) groups is 3. The summed E-state index contributed by atoms with van der Waals surface area (Å²) in [5.74, 6) is -1.80. The van der Waals surface area contributed by atoms with Crippen LogP contribution in [0.25, 0.3) is 0 Å². The molecule has 0 aromatic carbocycles. The Hall–Kier alpha value is -2.51. The molecule has 0 saturated carbocycles. The fourth-order valence-electron chi connectivity index (χ4n) is 2.69. The summed E-state index contributed by atoms with van der Waals surface area (Å²) >= 11 is 1.19. The molecule has 0 fully saturated rings. The van der Waals surface area contributed by atoms with Crippen LogP contribution in [-0.4, -0.2) is 68.7 Å². The van der Waals surface area contributed by atoms with Gasteiger partial charge >= 0.3 is 5.97 Å². The maximum Gasteiger partial charge on any atom is 0.323 e. The Balaban J connectivity index is 1.83. The van der Waals surface area contributed by atoms with Gasteiger partial charge in [-0.25, -0.2) is 8.42 Å². The van der Waals surface area contributed by atoms with Crippen molar-refractivity contribution >= 4 is 45.1 Å². The highest BCUT2D eigenvalue weighted by Crippen LogP contribution is 2.18. The molecule has 2 rings (SSSR count). The number of rotatable bonds is 11. The molecule has 1 aromatic heterocycles. The summed E-state index contributed by atoms with van der Waals surface area (Å²) in [6.07, 6.45) is 1.93. The predicted octanol–water partition coefficient (Wildman–Crippen LogP) is -0.341. The maximum atomic E-state index is 12.3. The summed E-state index contributed by atoms with van der Waals surface area (Å²) < 4.78 is 25.6. The van der Waals surface area contributed by atoms with Crippen LogP contribution < -0.4 is 20.7 Å². The van der Waals surface area contributed by atoms with E-state index in [2.05, 4.69) is 25.7 Å². The monoisotopic (exact) mass is 473 g/mol. The zero-order valence-corrected chi connectivity index (χ0v) is 18.8. The Morgan fingerprint density at radius 3 is 2.74 bits per heavy atom. The second kappa shape index (κ2) is 11.8. The first kappa shape index (κ1) is 24.8. The number of hydrogen-bond donors (Lipinski definition) is 5. The number of sulfonamides is 1. The maximum absolute atomic E-state index is 12.3. The van der Waals surface area contributed by atoms with Crippen molar-refractivity contribution in [2.75, 3.05) is 25.4 Å². The van der Waals surface area contributed by atoms with Crippen LogP contribution in [0.1, 0.15) is 40.7 Å². The highest BCUT2D eigenvalue weighted by molar-refractivity contribution is 7.89. The third kappa shape index (κ3) is 8.63. The van der Waals surface area contributed by atoms with Crippen LogP contribution in [0.3, 0.4) is 0 Å². The van der Waals surface area contributed by atoms with Crippen LogP contribution in [-0.2, 0) is 26.0 Å². The van der Waals surface area contributed by atoms with E-state index in [-0.39, 0.29) is 24.6 Å². The Morgan fingerprint density at radius 2 is 2.10 bits per heavy atom. The van der Waals surface area contributed by atoms with Gasteiger partial charge < -0.3 is 15.7 Å². The molecule has 0 unspecified atom stereocenters. The van der Waals surface area contributed by atoms with Gasteiger partial charge in [0.2, 0.25) is 15.9 Å². The van der Waals surface area contributed by atoms with Crippen LogP contribution in [0.15, 0.2) is 17.1 Å². The van der Waals surface area contributed by atoms with Crippen molar-refractivity contribution in [1.29, 1.82) is 0 Å². The fourth-order valence-corrected chi connectivity index (χ4v) is 4.88. The average Bonchev–Trinajstić information content (AvgIpc) is 3.19. The molecule has 5 N–H and O–H groups in total. The first-order chi connectivity index (χ1) is 14.7. The molecule has 2 amide bonds. The van der Waals surface area contributed by atoms with Gasteiger partial charge in [-0.2, -0.15) is 4.72 Å². The minimum atomic E-state index is -3.74. The third-order valence-corrected chi connectivity index (χ3v) is 6.93. The number of nitrogens with one attached hydrogen (secondary N) is 4. The van der Waals surface area contributed by atoms with Crippen molar-refractivity contribution in [2.24, 2.45) is 4.99 Å². The number of thiophene rings is 1. The second-order valence-electron chi connectivity index (χ2n) is 6.86. The summed E-state index contributed by atoms with van der Waals surface area (Å²) in [6, 6.07) is 1.85. The number of carbonyl (C=O) groups excluding carboxylic acids is 2. The number of amides is 2. The molecule has 0 spiro atoms. The number of nitrogens with zero attached hydrogens (tertiary/aromatic N) is 1. The lowest BCUT2D eigenvalue weighted by atomic mass is 10.2. The number of aryl methyl sites for hydroxylation is 1. The molecule has 11 nitrogen and oxygen atoms in total. The van der Waals surface area contributed by atoms with Crippen LogP contribution in [0.5, 0.6) is 0 Å². The predicted molar refractivity (Wildman–Crippen MR) is 117 cm³/mol. The van der Waals surface area contributed by atoms with Gasteiger partial charge in [0, 0.05) is 30.9 Å². The molecule has 1 atom stereocenters. The van der Waals surface area contributed by atoms with E-state index < -0.39 is 27.9 Å².